The summed E-state index contributed by atoms with van der Waals surface area (Å²) in [7, 11) is 0. The van der Waals surface area contributed by atoms with E-state index >= 15 is 0 Å². The number of nitrogens with one attached hydrogen (secondary N) is 1. The fourth-order valence-electron chi connectivity index (χ4n) is 2.07. The lowest BCUT2D eigenvalue weighted by Gasteiger charge is -2.21. The average molecular weight is 264 g/mol. The molecule has 1 heterocycles. The van der Waals surface area contributed by atoms with Crippen molar-refractivity contribution in [2.24, 2.45) is 5.92 Å². The number of thioether (sulfide) groups is 1. The normalized spacial score (nSPS) is 16.5. The fourth-order valence-corrected chi connectivity index (χ4v) is 3.28. The molecule has 0 aromatic heterocycles. The van der Waals surface area contributed by atoms with Crippen molar-refractivity contribution in [1.82, 2.24) is 5.32 Å². The molecule has 1 fully saturated rings. The van der Waals surface area contributed by atoms with Crippen LogP contribution in [0, 0.1) is 12.8 Å². The summed E-state index contributed by atoms with van der Waals surface area (Å²) in [5.74, 6) is 3.06. The van der Waals surface area contributed by atoms with Crippen LogP contribution in [0.4, 0.5) is 5.69 Å². The van der Waals surface area contributed by atoms with Gasteiger partial charge in [0.25, 0.3) is 5.91 Å². The van der Waals surface area contributed by atoms with Crippen LogP contribution >= 0.6 is 11.8 Å². The molecular formula is C14H20N2OS. The summed E-state index contributed by atoms with van der Waals surface area (Å²) >= 11 is 2.00. The van der Waals surface area contributed by atoms with E-state index in [1.54, 1.807) is 6.07 Å². The number of carbonyl (C=O) groups is 1. The Bertz CT molecular complexity index is 428. The number of nitrogen functional groups attached to an aromatic ring is 1. The third-order valence-corrected chi connectivity index (χ3v) is 4.48. The molecule has 3 nitrogen and oxygen atoms in total. The summed E-state index contributed by atoms with van der Waals surface area (Å²) in [4.78, 5) is 12.0. The van der Waals surface area contributed by atoms with Gasteiger partial charge in [0.05, 0.1) is 0 Å². The summed E-state index contributed by atoms with van der Waals surface area (Å²) in [6, 6.07) is 5.47. The van der Waals surface area contributed by atoms with Crippen LogP contribution in [-0.4, -0.2) is 24.0 Å². The highest BCUT2D eigenvalue weighted by molar-refractivity contribution is 7.99. The Hall–Kier alpha value is -1.16. The molecule has 1 aliphatic rings. The quantitative estimate of drug-likeness (QED) is 0.825. The van der Waals surface area contributed by atoms with Gasteiger partial charge < -0.3 is 11.1 Å². The summed E-state index contributed by atoms with van der Waals surface area (Å²) in [5.41, 5.74) is 8.16. The van der Waals surface area contributed by atoms with Crippen molar-refractivity contribution in [3.63, 3.8) is 0 Å². The van der Waals surface area contributed by atoms with Crippen LogP contribution in [0.15, 0.2) is 18.2 Å². The Labute approximate surface area is 113 Å². The minimum Gasteiger partial charge on any atom is -0.398 e. The first-order chi connectivity index (χ1) is 8.66. The predicted molar refractivity (Wildman–Crippen MR) is 78.0 cm³/mol. The van der Waals surface area contributed by atoms with Gasteiger partial charge in [0, 0.05) is 17.8 Å². The number of anilines is 1. The maximum Gasteiger partial charge on any atom is 0.251 e. The van der Waals surface area contributed by atoms with Crippen LogP contribution in [0.5, 0.6) is 0 Å². The molecule has 1 aliphatic heterocycles. The van der Waals surface area contributed by atoms with Crippen LogP contribution in [-0.2, 0) is 0 Å². The lowest BCUT2D eigenvalue weighted by Crippen LogP contribution is -2.31. The van der Waals surface area contributed by atoms with Crippen molar-refractivity contribution in [3.8, 4) is 0 Å². The van der Waals surface area contributed by atoms with Gasteiger partial charge in [-0.2, -0.15) is 11.8 Å². The Morgan fingerprint density at radius 3 is 2.83 bits per heavy atom. The minimum absolute atomic E-state index is 0.0140. The number of nitrogens with two attached hydrogens (primary N) is 1. The second-order valence-electron chi connectivity index (χ2n) is 4.84. The molecular weight excluding hydrogens is 244 g/mol. The zero-order valence-electron chi connectivity index (χ0n) is 10.7. The number of hydrogen-bond donors (Lipinski definition) is 2. The Balaban J connectivity index is 1.88. The van der Waals surface area contributed by atoms with Crippen molar-refractivity contribution in [3.05, 3.63) is 29.3 Å². The standard InChI is InChI=1S/C14H20N2OS/c1-10-2-3-12(8-13(10)15)14(17)16-9-11-4-6-18-7-5-11/h2-3,8,11H,4-7,9,15H2,1H3,(H,16,17). The molecule has 0 unspecified atom stereocenters. The average Bonchev–Trinajstić information content (AvgIpc) is 2.40. The Morgan fingerprint density at radius 2 is 2.17 bits per heavy atom. The molecule has 0 spiro atoms. The molecule has 1 aromatic rings. The molecule has 0 bridgehead atoms. The van der Waals surface area contributed by atoms with E-state index in [0.717, 1.165) is 12.1 Å². The lowest BCUT2D eigenvalue weighted by molar-refractivity contribution is 0.0946. The van der Waals surface area contributed by atoms with Crippen LogP contribution in [0.1, 0.15) is 28.8 Å². The molecule has 1 amide bonds. The largest absolute Gasteiger partial charge is 0.398 e. The van der Waals surface area contributed by atoms with Crippen molar-refractivity contribution in [2.75, 3.05) is 23.8 Å². The SMILES string of the molecule is Cc1ccc(C(=O)NCC2CCSCC2)cc1N. The first kappa shape index (κ1) is 13.3. The monoisotopic (exact) mass is 264 g/mol. The van der Waals surface area contributed by atoms with E-state index in [9.17, 15) is 4.79 Å². The number of benzene rings is 1. The van der Waals surface area contributed by atoms with Crippen LogP contribution in [0.25, 0.3) is 0 Å². The van der Waals surface area contributed by atoms with E-state index in [-0.39, 0.29) is 5.91 Å². The highest BCUT2D eigenvalue weighted by Crippen LogP contribution is 2.22. The van der Waals surface area contributed by atoms with Crippen molar-refractivity contribution in [2.45, 2.75) is 19.8 Å². The number of amides is 1. The maximum atomic E-state index is 12.0. The van der Waals surface area contributed by atoms with E-state index < -0.39 is 0 Å². The van der Waals surface area contributed by atoms with E-state index in [0.29, 0.717) is 17.2 Å². The molecule has 4 heteroatoms. The number of hydrogen-bond acceptors (Lipinski definition) is 3. The predicted octanol–water partition coefficient (Wildman–Crippen LogP) is 2.45. The van der Waals surface area contributed by atoms with Gasteiger partial charge in [-0.05, 0) is 54.9 Å². The van der Waals surface area contributed by atoms with E-state index in [2.05, 4.69) is 5.32 Å². The van der Waals surface area contributed by atoms with Crippen molar-refractivity contribution in [1.29, 1.82) is 0 Å². The lowest BCUT2D eigenvalue weighted by atomic mass is 10.0. The fraction of sp³-hybridized carbons (Fsp3) is 0.500. The Kier molecular flexibility index (Phi) is 4.53. The summed E-state index contributed by atoms with van der Waals surface area (Å²) in [6.07, 6.45) is 2.42. The topological polar surface area (TPSA) is 55.1 Å². The van der Waals surface area contributed by atoms with Crippen LogP contribution in [0.3, 0.4) is 0 Å². The minimum atomic E-state index is -0.0140. The van der Waals surface area contributed by atoms with Crippen LogP contribution < -0.4 is 11.1 Å². The molecule has 18 heavy (non-hydrogen) atoms. The molecule has 0 saturated carbocycles. The molecule has 1 saturated heterocycles. The van der Waals surface area contributed by atoms with Gasteiger partial charge in [-0.1, -0.05) is 6.07 Å². The van der Waals surface area contributed by atoms with E-state index in [1.165, 1.54) is 24.3 Å². The van der Waals surface area contributed by atoms with E-state index in [1.807, 2.05) is 30.8 Å². The highest BCUT2D eigenvalue weighted by atomic mass is 32.2. The first-order valence-corrected chi connectivity index (χ1v) is 7.54. The van der Waals surface area contributed by atoms with Gasteiger partial charge in [-0.15, -0.1) is 0 Å². The van der Waals surface area contributed by atoms with Crippen molar-refractivity contribution >= 4 is 23.4 Å². The zero-order chi connectivity index (χ0) is 13.0. The molecule has 98 valence electrons. The maximum absolute atomic E-state index is 12.0. The van der Waals surface area contributed by atoms with Gasteiger partial charge in [0.2, 0.25) is 0 Å². The summed E-state index contributed by atoms with van der Waals surface area (Å²) in [5, 5.41) is 3.01. The van der Waals surface area contributed by atoms with Crippen LogP contribution in [0.2, 0.25) is 0 Å². The van der Waals surface area contributed by atoms with E-state index in [4.69, 9.17) is 5.73 Å². The molecule has 1 aromatic carbocycles. The molecule has 0 atom stereocenters. The molecule has 0 aliphatic carbocycles. The zero-order valence-corrected chi connectivity index (χ0v) is 11.6. The highest BCUT2D eigenvalue weighted by Gasteiger charge is 2.15. The second kappa shape index (κ2) is 6.14. The molecule has 0 radical (unpaired) electrons. The second-order valence-corrected chi connectivity index (χ2v) is 6.06. The van der Waals surface area contributed by atoms with Gasteiger partial charge in [0.15, 0.2) is 0 Å². The Morgan fingerprint density at radius 1 is 1.44 bits per heavy atom. The molecule has 2 rings (SSSR count). The number of rotatable bonds is 3. The summed E-state index contributed by atoms with van der Waals surface area (Å²) in [6.45, 7) is 2.73. The van der Waals surface area contributed by atoms with Gasteiger partial charge in [-0.3, -0.25) is 4.79 Å². The van der Waals surface area contributed by atoms with Gasteiger partial charge in [-0.25, -0.2) is 0 Å². The first-order valence-electron chi connectivity index (χ1n) is 6.39. The molecule has 3 N–H and O–H groups in total. The summed E-state index contributed by atoms with van der Waals surface area (Å²) < 4.78 is 0. The smallest absolute Gasteiger partial charge is 0.251 e. The van der Waals surface area contributed by atoms with Gasteiger partial charge in [0.1, 0.15) is 0 Å². The van der Waals surface area contributed by atoms with Crippen molar-refractivity contribution < 1.29 is 4.79 Å². The third-order valence-electron chi connectivity index (χ3n) is 3.43. The number of carbonyl (C=O) groups excluding carboxylic acids is 1. The third kappa shape index (κ3) is 3.42. The van der Waals surface area contributed by atoms with Gasteiger partial charge >= 0.3 is 0 Å². The number of aryl methyl sites for hydroxylation is 1.